The zero-order valence-electron chi connectivity index (χ0n) is 31.0. The molecule has 0 bridgehead atoms. The van der Waals surface area contributed by atoms with Gasteiger partial charge in [0.2, 0.25) is 0 Å². The van der Waals surface area contributed by atoms with Crippen LogP contribution in [-0.2, 0) is 0 Å². The average molecular weight is 847 g/mol. The van der Waals surface area contributed by atoms with Gasteiger partial charge in [0.15, 0.2) is 0 Å². The van der Waals surface area contributed by atoms with Crippen molar-refractivity contribution in [2.75, 3.05) is 0 Å². The monoisotopic (exact) mass is 846 g/mol. The molecule has 8 aromatic carbocycles. The lowest BCUT2D eigenvalue weighted by Crippen LogP contribution is -2.23. The van der Waals surface area contributed by atoms with Gasteiger partial charge in [0, 0.05) is 53.1 Å². The number of hydrogen-bond acceptors (Lipinski definition) is 4. The highest BCUT2D eigenvalue weighted by molar-refractivity contribution is 7.89. The fraction of sp³-hybridized carbons (Fsp3) is 0. The maximum absolute atomic E-state index is 2.49. The Morgan fingerprint density at radius 3 is 0.845 bits per heavy atom. The molecule has 12 rings (SSSR count). The largest absolute Gasteiger partial charge is 0.135 e. The second kappa shape index (κ2) is 14.4. The summed E-state index contributed by atoms with van der Waals surface area (Å²) in [6.45, 7) is 0. The molecule has 6 heteroatoms. The van der Waals surface area contributed by atoms with Gasteiger partial charge in [-0.15, -0.1) is 45.3 Å². The summed E-state index contributed by atoms with van der Waals surface area (Å²) in [6, 6.07) is 73.6. The minimum absolute atomic E-state index is 0.936. The van der Waals surface area contributed by atoms with Crippen LogP contribution in [0, 0.1) is 0 Å². The Balaban J connectivity index is 1.21. The third-order valence-electron chi connectivity index (χ3n) is 11.1. The Labute approximate surface area is 354 Å². The molecule has 4 heterocycles. The normalized spacial score (nSPS) is 12.1. The molecule has 0 nitrogen and oxygen atoms in total. The molecule has 274 valence electrons. The fourth-order valence-corrected chi connectivity index (χ4v) is 20.8. The fourth-order valence-electron chi connectivity index (χ4n) is 8.42. The highest BCUT2D eigenvalue weighted by Crippen LogP contribution is 2.50. The van der Waals surface area contributed by atoms with Crippen molar-refractivity contribution in [3.63, 3.8) is 0 Å². The predicted octanol–water partition coefficient (Wildman–Crippen LogP) is 14.0. The SMILES string of the molecule is c1ccc2sc(P(c3cc4ccccc4s3)c3ccc4ccccc4c3-c3c(P(c4cc5ccccc5s4)c4cc5ccccc5s4)ccc4ccccc34)cc2c1. The molecule has 0 saturated heterocycles. The van der Waals surface area contributed by atoms with Crippen molar-refractivity contribution >= 4 is 152 Å². The Morgan fingerprint density at radius 1 is 0.259 bits per heavy atom. The zero-order valence-corrected chi connectivity index (χ0v) is 36.1. The maximum atomic E-state index is 2.49. The second-order valence-electron chi connectivity index (χ2n) is 14.5. The second-order valence-corrected chi connectivity index (χ2v) is 24.3. The summed E-state index contributed by atoms with van der Waals surface area (Å²) in [5, 5.41) is 13.3. The van der Waals surface area contributed by atoms with Crippen LogP contribution in [0.5, 0.6) is 0 Å². The molecule has 0 aliphatic carbocycles. The smallest absolute Gasteiger partial charge is 0.0389 e. The van der Waals surface area contributed by atoms with E-state index in [0.717, 1.165) is 0 Å². The molecule has 0 amide bonds. The molecule has 0 N–H and O–H groups in total. The Hall–Kier alpha value is -5.02. The maximum Gasteiger partial charge on any atom is 0.0389 e. The van der Waals surface area contributed by atoms with E-state index < -0.39 is 15.8 Å². The molecule has 0 spiro atoms. The summed E-state index contributed by atoms with van der Waals surface area (Å²) in [7, 11) is -1.87. The Morgan fingerprint density at radius 2 is 0.534 bits per heavy atom. The summed E-state index contributed by atoms with van der Waals surface area (Å²) in [5.41, 5.74) is 2.75. The minimum Gasteiger partial charge on any atom is -0.135 e. The van der Waals surface area contributed by atoms with Gasteiger partial charge in [0.05, 0.1) is 0 Å². The highest BCUT2D eigenvalue weighted by atomic mass is 32.1. The number of hydrogen-bond donors (Lipinski definition) is 0. The van der Waals surface area contributed by atoms with Crippen molar-refractivity contribution in [1.29, 1.82) is 0 Å². The van der Waals surface area contributed by atoms with Crippen LogP contribution in [0.1, 0.15) is 0 Å². The van der Waals surface area contributed by atoms with E-state index in [4.69, 9.17) is 0 Å². The van der Waals surface area contributed by atoms with E-state index in [0.29, 0.717) is 0 Å². The molecule has 0 fully saturated rings. The van der Waals surface area contributed by atoms with Gasteiger partial charge in [-0.25, -0.2) is 0 Å². The summed E-state index contributed by atoms with van der Waals surface area (Å²) < 4.78 is 11.1. The van der Waals surface area contributed by atoms with Gasteiger partial charge in [-0.2, -0.15) is 0 Å². The molecule has 0 saturated carbocycles. The first-order chi connectivity index (χ1) is 28.7. The number of benzene rings is 8. The van der Waals surface area contributed by atoms with E-state index in [1.54, 1.807) is 0 Å². The Kier molecular flexibility index (Phi) is 8.66. The van der Waals surface area contributed by atoms with Gasteiger partial charge in [-0.1, -0.05) is 146 Å². The van der Waals surface area contributed by atoms with Gasteiger partial charge in [0.25, 0.3) is 0 Å². The topological polar surface area (TPSA) is 0 Å². The summed E-state index contributed by atoms with van der Waals surface area (Å²) in [5.74, 6) is 0. The predicted molar refractivity (Wildman–Crippen MR) is 266 cm³/mol. The van der Waals surface area contributed by atoms with Gasteiger partial charge in [-0.3, -0.25) is 0 Å². The number of thiophene rings is 4. The third-order valence-corrected chi connectivity index (χ3v) is 22.0. The lowest BCUT2D eigenvalue weighted by Gasteiger charge is -2.26. The molecule has 12 aromatic rings. The molecular formula is C52H32P2S4. The zero-order chi connectivity index (χ0) is 38.2. The molecule has 0 aliphatic rings. The van der Waals surface area contributed by atoms with Crippen molar-refractivity contribution in [1.82, 2.24) is 0 Å². The minimum atomic E-state index is -0.936. The molecule has 0 unspecified atom stereocenters. The van der Waals surface area contributed by atoms with Gasteiger partial charge in [0.1, 0.15) is 0 Å². The third kappa shape index (κ3) is 5.89. The summed E-state index contributed by atoms with van der Waals surface area (Å²) in [4.78, 5) is 0. The van der Waals surface area contributed by atoms with Crippen LogP contribution in [0.3, 0.4) is 0 Å². The summed E-state index contributed by atoms with van der Waals surface area (Å²) >= 11 is 7.88. The molecule has 0 atom stereocenters. The molecular weight excluding hydrogens is 815 g/mol. The van der Waals surface area contributed by atoms with Crippen molar-refractivity contribution in [3.8, 4) is 11.1 Å². The van der Waals surface area contributed by atoms with Crippen LogP contribution < -0.4 is 29.1 Å². The summed E-state index contributed by atoms with van der Waals surface area (Å²) in [6.07, 6.45) is 0. The van der Waals surface area contributed by atoms with Crippen molar-refractivity contribution in [2.24, 2.45) is 0 Å². The lowest BCUT2D eigenvalue weighted by molar-refractivity contribution is 1.73. The van der Waals surface area contributed by atoms with E-state index in [9.17, 15) is 0 Å². The van der Waals surface area contributed by atoms with Crippen LogP contribution in [0.2, 0.25) is 0 Å². The average Bonchev–Trinajstić information content (AvgIpc) is 4.08. The lowest BCUT2D eigenvalue weighted by atomic mass is 9.93. The quantitative estimate of drug-likeness (QED) is 0.140. The first kappa shape index (κ1) is 35.0. The van der Waals surface area contributed by atoms with E-state index in [2.05, 4.69) is 194 Å². The first-order valence-corrected chi connectivity index (χ1v) is 25.3. The van der Waals surface area contributed by atoms with E-state index in [1.807, 2.05) is 45.3 Å². The molecule has 4 aromatic heterocycles. The molecule has 58 heavy (non-hydrogen) atoms. The highest BCUT2D eigenvalue weighted by Gasteiger charge is 2.31. The van der Waals surface area contributed by atoms with Crippen molar-refractivity contribution < 1.29 is 0 Å². The first-order valence-electron chi connectivity index (χ1n) is 19.3. The van der Waals surface area contributed by atoms with E-state index in [-0.39, 0.29) is 0 Å². The van der Waals surface area contributed by atoms with Gasteiger partial charge >= 0.3 is 0 Å². The number of fused-ring (bicyclic) bond motifs is 6. The van der Waals surface area contributed by atoms with Crippen LogP contribution in [0.15, 0.2) is 194 Å². The Bertz CT molecular complexity index is 3000. The van der Waals surface area contributed by atoms with Crippen LogP contribution in [0.25, 0.3) is 73.0 Å². The van der Waals surface area contributed by atoms with Crippen LogP contribution in [0.4, 0.5) is 0 Å². The van der Waals surface area contributed by atoms with Gasteiger partial charge < -0.3 is 0 Å². The van der Waals surface area contributed by atoms with Crippen LogP contribution in [-0.4, -0.2) is 0 Å². The standard InChI is InChI=1S/C52H32P2S4/c1-7-19-39-33(13-1)25-27-41(53(47-29-35-15-3-9-21-43(35)55-47)48-30-36-16-4-10-22-44(36)56-48)51(39)52-40-20-8-2-14-34(40)26-28-42(52)54(49-31-37-17-5-11-23-45(37)57-49)50-32-38-18-6-12-24-46(38)58-50/h1-32H. The van der Waals surface area contributed by atoms with Crippen molar-refractivity contribution in [3.05, 3.63) is 194 Å². The van der Waals surface area contributed by atoms with E-state index in [1.165, 1.54) is 102 Å². The molecule has 0 aliphatic heterocycles. The van der Waals surface area contributed by atoms with E-state index >= 15 is 0 Å². The van der Waals surface area contributed by atoms with Gasteiger partial charge in [-0.05, 0) is 113 Å². The molecule has 0 radical (unpaired) electrons. The number of rotatable bonds is 7. The van der Waals surface area contributed by atoms with Crippen molar-refractivity contribution in [2.45, 2.75) is 0 Å². The van der Waals surface area contributed by atoms with Crippen LogP contribution >= 0.6 is 61.2 Å².